The molecule has 116 valence electrons. The number of rotatable bonds is 5. The Labute approximate surface area is 123 Å². The number of aliphatic carboxylic acids is 1. The predicted octanol–water partition coefficient (Wildman–Crippen LogP) is 0.00900. The van der Waals surface area contributed by atoms with E-state index in [0.29, 0.717) is 12.2 Å². The van der Waals surface area contributed by atoms with E-state index in [1.54, 1.807) is 24.0 Å². The largest absolute Gasteiger partial charge is 0.480 e. The van der Waals surface area contributed by atoms with Crippen LogP contribution < -0.4 is 9.62 Å². The van der Waals surface area contributed by atoms with Crippen molar-refractivity contribution in [3.8, 4) is 0 Å². The third-order valence-electron chi connectivity index (χ3n) is 3.38. The Balaban J connectivity index is 2.25. The summed E-state index contributed by atoms with van der Waals surface area (Å²) in [4.78, 5) is 12.9. The van der Waals surface area contributed by atoms with E-state index in [-0.39, 0.29) is 17.9 Å². The number of carbonyl (C=O) groups is 1. The summed E-state index contributed by atoms with van der Waals surface area (Å²) < 4.78 is 26.0. The van der Waals surface area contributed by atoms with E-state index < -0.39 is 28.1 Å². The summed E-state index contributed by atoms with van der Waals surface area (Å²) >= 11 is 0. The van der Waals surface area contributed by atoms with Gasteiger partial charge in [-0.2, -0.15) is 0 Å². The Kier molecular flexibility index (Phi) is 4.50. The smallest absolute Gasteiger partial charge is 0.326 e. The van der Waals surface area contributed by atoms with Crippen molar-refractivity contribution in [2.45, 2.75) is 30.4 Å². The molecule has 0 bridgehead atoms. The fourth-order valence-corrected chi connectivity index (χ4v) is 3.46. The first kappa shape index (κ1) is 15.7. The molecule has 1 aromatic carbocycles. The second kappa shape index (κ2) is 6.00. The van der Waals surface area contributed by atoms with Gasteiger partial charge in [0.15, 0.2) is 0 Å². The average molecular weight is 314 g/mol. The van der Waals surface area contributed by atoms with Gasteiger partial charge in [0.1, 0.15) is 6.04 Å². The summed E-state index contributed by atoms with van der Waals surface area (Å²) in [6.45, 7) is 2.20. The third kappa shape index (κ3) is 3.34. The maximum Gasteiger partial charge on any atom is 0.326 e. The summed E-state index contributed by atoms with van der Waals surface area (Å²) in [6.07, 6.45) is -0.538. The normalized spacial score (nSPS) is 22.5. The molecule has 0 amide bonds. The fourth-order valence-electron chi connectivity index (χ4n) is 2.42. The Morgan fingerprint density at radius 1 is 1.38 bits per heavy atom. The first-order valence-electron chi connectivity index (χ1n) is 6.62. The summed E-state index contributed by atoms with van der Waals surface area (Å²) in [7, 11) is -3.53. The zero-order valence-corrected chi connectivity index (χ0v) is 12.4. The van der Waals surface area contributed by atoms with Gasteiger partial charge in [-0.25, -0.2) is 17.9 Å². The maximum atomic E-state index is 11.8. The van der Waals surface area contributed by atoms with Gasteiger partial charge in [-0.3, -0.25) is 0 Å². The summed E-state index contributed by atoms with van der Waals surface area (Å²) in [6, 6.07) is 5.17. The molecule has 2 atom stereocenters. The van der Waals surface area contributed by atoms with Crippen LogP contribution in [-0.4, -0.2) is 49.8 Å². The molecule has 7 nitrogen and oxygen atoms in total. The van der Waals surface area contributed by atoms with Crippen molar-refractivity contribution in [3.05, 3.63) is 24.3 Å². The van der Waals surface area contributed by atoms with Gasteiger partial charge in [0.25, 0.3) is 0 Å². The number of aliphatic hydroxyl groups is 1. The molecule has 1 aromatic rings. The highest BCUT2D eigenvalue weighted by atomic mass is 32.2. The predicted molar refractivity (Wildman–Crippen MR) is 76.7 cm³/mol. The lowest BCUT2D eigenvalue weighted by molar-refractivity contribution is -0.138. The van der Waals surface area contributed by atoms with Crippen molar-refractivity contribution in [2.24, 2.45) is 0 Å². The molecule has 3 N–H and O–H groups in total. The van der Waals surface area contributed by atoms with Crippen LogP contribution in [0.4, 0.5) is 5.69 Å². The monoisotopic (exact) mass is 314 g/mol. The number of benzene rings is 1. The van der Waals surface area contributed by atoms with Gasteiger partial charge in [0.2, 0.25) is 10.0 Å². The lowest BCUT2D eigenvalue weighted by Crippen LogP contribution is -2.36. The van der Waals surface area contributed by atoms with Crippen LogP contribution in [0.3, 0.4) is 0 Å². The van der Waals surface area contributed by atoms with E-state index in [9.17, 15) is 18.3 Å². The molecule has 0 saturated carbocycles. The SMILES string of the molecule is CCNS(=O)(=O)c1ccc(N2CC(O)CC2C(=O)O)cc1. The number of hydrogen-bond acceptors (Lipinski definition) is 5. The molecule has 0 aliphatic carbocycles. The van der Waals surface area contributed by atoms with Crippen molar-refractivity contribution < 1.29 is 23.4 Å². The number of sulfonamides is 1. The number of β-amino-alcohol motifs (C(OH)–C–C–N with tert-alkyl or cyclic N) is 1. The molecule has 1 aliphatic rings. The summed E-state index contributed by atoms with van der Waals surface area (Å²) in [5.41, 5.74) is 0.578. The highest BCUT2D eigenvalue weighted by Crippen LogP contribution is 2.27. The van der Waals surface area contributed by atoms with E-state index in [1.165, 1.54) is 12.1 Å². The summed E-state index contributed by atoms with van der Waals surface area (Å²) in [5, 5.41) is 18.8. The molecular formula is C13H18N2O5S. The van der Waals surface area contributed by atoms with Gasteiger partial charge in [-0.05, 0) is 24.3 Å². The number of aliphatic hydroxyl groups excluding tert-OH is 1. The molecule has 21 heavy (non-hydrogen) atoms. The molecule has 1 aliphatic heterocycles. The molecular weight excluding hydrogens is 296 g/mol. The Morgan fingerprint density at radius 3 is 2.52 bits per heavy atom. The van der Waals surface area contributed by atoms with E-state index in [4.69, 9.17) is 5.11 Å². The molecule has 2 rings (SSSR count). The minimum absolute atomic E-state index is 0.125. The van der Waals surface area contributed by atoms with Gasteiger partial charge in [0.05, 0.1) is 11.0 Å². The number of carboxylic acids is 1. The standard InChI is InChI=1S/C13H18N2O5S/c1-2-14-21(19,20)11-5-3-9(4-6-11)15-8-10(16)7-12(15)13(17)18/h3-6,10,12,14,16H,2,7-8H2,1H3,(H,17,18). The van der Waals surface area contributed by atoms with Crippen molar-refractivity contribution in [2.75, 3.05) is 18.0 Å². The molecule has 0 spiro atoms. The number of nitrogens with zero attached hydrogens (tertiary/aromatic N) is 1. The van der Waals surface area contributed by atoms with Crippen LogP contribution >= 0.6 is 0 Å². The second-order valence-corrected chi connectivity index (χ2v) is 6.66. The molecule has 8 heteroatoms. The van der Waals surface area contributed by atoms with Gasteiger partial charge in [0, 0.05) is 25.2 Å². The molecule has 0 radical (unpaired) electrons. The Hall–Kier alpha value is -1.64. The Bertz CT molecular complexity index is 614. The van der Waals surface area contributed by atoms with E-state index in [2.05, 4.69) is 4.72 Å². The van der Waals surface area contributed by atoms with Crippen LogP contribution in [0.15, 0.2) is 29.2 Å². The number of anilines is 1. The van der Waals surface area contributed by atoms with Crippen LogP contribution in [0.1, 0.15) is 13.3 Å². The van der Waals surface area contributed by atoms with Crippen LogP contribution in [0, 0.1) is 0 Å². The first-order chi connectivity index (χ1) is 9.85. The topological polar surface area (TPSA) is 107 Å². The van der Waals surface area contributed by atoms with Crippen LogP contribution in [0.2, 0.25) is 0 Å². The lowest BCUT2D eigenvalue weighted by atomic mass is 10.2. The third-order valence-corrected chi connectivity index (χ3v) is 4.94. The van der Waals surface area contributed by atoms with Gasteiger partial charge in [-0.1, -0.05) is 6.92 Å². The average Bonchev–Trinajstić information content (AvgIpc) is 2.81. The zero-order chi connectivity index (χ0) is 15.6. The van der Waals surface area contributed by atoms with Crippen LogP contribution in [0.5, 0.6) is 0 Å². The lowest BCUT2D eigenvalue weighted by Gasteiger charge is -2.23. The first-order valence-corrected chi connectivity index (χ1v) is 8.10. The quantitative estimate of drug-likeness (QED) is 0.707. The van der Waals surface area contributed by atoms with Crippen LogP contribution in [-0.2, 0) is 14.8 Å². The second-order valence-electron chi connectivity index (χ2n) is 4.89. The molecule has 1 saturated heterocycles. The fraction of sp³-hybridized carbons (Fsp3) is 0.462. The molecule has 1 fully saturated rings. The van der Waals surface area contributed by atoms with Crippen molar-refractivity contribution in [1.82, 2.24) is 4.72 Å². The highest BCUT2D eigenvalue weighted by Gasteiger charge is 2.36. The van der Waals surface area contributed by atoms with Crippen molar-refractivity contribution in [3.63, 3.8) is 0 Å². The van der Waals surface area contributed by atoms with Crippen molar-refractivity contribution >= 4 is 21.7 Å². The van der Waals surface area contributed by atoms with Gasteiger partial charge >= 0.3 is 5.97 Å². The maximum absolute atomic E-state index is 11.8. The Morgan fingerprint density at radius 2 is 2.00 bits per heavy atom. The van der Waals surface area contributed by atoms with Crippen LogP contribution in [0.25, 0.3) is 0 Å². The zero-order valence-electron chi connectivity index (χ0n) is 11.6. The van der Waals surface area contributed by atoms with Gasteiger partial charge in [-0.15, -0.1) is 0 Å². The van der Waals surface area contributed by atoms with E-state index in [0.717, 1.165) is 0 Å². The number of hydrogen-bond donors (Lipinski definition) is 3. The van der Waals surface area contributed by atoms with Crippen molar-refractivity contribution in [1.29, 1.82) is 0 Å². The van der Waals surface area contributed by atoms with E-state index in [1.807, 2.05) is 0 Å². The number of nitrogens with one attached hydrogen (secondary N) is 1. The minimum atomic E-state index is -3.53. The molecule has 1 heterocycles. The minimum Gasteiger partial charge on any atom is -0.480 e. The summed E-state index contributed by atoms with van der Waals surface area (Å²) in [5.74, 6) is -1.00. The molecule has 0 aromatic heterocycles. The highest BCUT2D eigenvalue weighted by molar-refractivity contribution is 7.89. The van der Waals surface area contributed by atoms with E-state index >= 15 is 0 Å². The van der Waals surface area contributed by atoms with Gasteiger partial charge < -0.3 is 15.1 Å². The number of carboxylic acid groups (broad SMARTS) is 1. The molecule has 2 unspecified atom stereocenters.